The van der Waals surface area contributed by atoms with Gasteiger partial charge in [-0.2, -0.15) is 0 Å². The van der Waals surface area contributed by atoms with Gasteiger partial charge in [0.2, 0.25) is 0 Å². The summed E-state index contributed by atoms with van der Waals surface area (Å²) in [6.45, 7) is 5.87. The number of aryl methyl sites for hydroxylation is 4. The third-order valence-corrected chi connectivity index (χ3v) is 5.33. The lowest BCUT2D eigenvalue weighted by atomic mass is 10.0. The maximum Gasteiger partial charge on any atom is 0.274 e. The number of carbonyl (C=O) groups excluding carboxylic acids is 1. The number of pyridine rings is 1. The van der Waals surface area contributed by atoms with Crippen LogP contribution in [-0.4, -0.2) is 25.7 Å². The minimum atomic E-state index is -0.381. The summed E-state index contributed by atoms with van der Waals surface area (Å²) in [5.74, 6) is -0.381. The molecule has 0 spiro atoms. The molecule has 0 aliphatic rings. The Kier molecular flexibility index (Phi) is 4.35. The molecule has 0 aliphatic heterocycles. The molecular formula is C20H19N5O2S. The SMILES string of the molecule is Cc1ccc(-c2csc(NC(=O)c3cc(C)nc4c3c(=O)[nH]n4C)n2)c(C)c1. The first kappa shape index (κ1) is 18.1. The number of benzene rings is 1. The van der Waals surface area contributed by atoms with E-state index in [9.17, 15) is 9.59 Å². The van der Waals surface area contributed by atoms with Gasteiger partial charge in [0.25, 0.3) is 11.5 Å². The van der Waals surface area contributed by atoms with Crippen LogP contribution in [0.15, 0.2) is 34.4 Å². The van der Waals surface area contributed by atoms with Crippen molar-refractivity contribution in [3.63, 3.8) is 0 Å². The van der Waals surface area contributed by atoms with Gasteiger partial charge in [-0.3, -0.25) is 24.7 Å². The number of nitrogens with one attached hydrogen (secondary N) is 2. The summed E-state index contributed by atoms with van der Waals surface area (Å²) in [6, 6.07) is 7.79. The summed E-state index contributed by atoms with van der Waals surface area (Å²) in [5, 5.41) is 8.13. The van der Waals surface area contributed by atoms with E-state index in [0.717, 1.165) is 16.8 Å². The molecule has 0 aliphatic carbocycles. The molecular weight excluding hydrogens is 374 g/mol. The Balaban J connectivity index is 1.68. The monoisotopic (exact) mass is 393 g/mol. The van der Waals surface area contributed by atoms with Crippen molar-refractivity contribution in [2.45, 2.75) is 20.8 Å². The molecule has 3 aromatic heterocycles. The zero-order chi connectivity index (χ0) is 20.0. The van der Waals surface area contributed by atoms with E-state index in [1.165, 1.54) is 21.6 Å². The fourth-order valence-corrected chi connectivity index (χ4v) is 3.99. The number of hydrogen-bond donors (Lipinski definition) is 2. The first-order chi connectivity index (χ1) is 13.3. The fourth-order valence-electron chi connectivity index (χ4n) is 3.28. The minimum Gasteiger partial charge on any atom is -0.298 e. The minimum absolute atomic E-state index is 0.275. The van der Waals surface area contributed by atoms with Gasteiger partial charge in [0.15, 0.2) is 10.8 Å². The van der Waals surface area contributed by atoms with Crippen molar-refractivity contribution in [3.8, 4) is 11.3 Å². The second kappa shape index (κ2) is 6.72. The van der Waals surface area contributed by atoms with Crippen LogP contribution in [0.4, 0.5) is 5.13 Å². The average Bonchev–Trinajstić information content (AvgIpc) is 3.19. The molecule has 0 bridgehead atoms. The zero-order valence-electron chi connectivity index (χ0n) is 16.0. The number of aromatic nitrogens is 4. The highest BCUT2D eigenvalue weighted by Gasteiger charge is 2.19. The predicted octanol–water partition coefficient (Wildman–Crippen LogP) is 3.56. The van der Waals surface area contributed by atoms with E-state index in [0.29, 0.717) is 16.5 Å². The van der Waals surface area contributed by atoms with Crippen LogP contribution in [0.2, 0.25) is 0 Å². The van der Waals surface area contributed by atoms with Crippen LogP contribution >= 0.6 is 11.3 Å². The lowest BCUT2D eigenvalue weighted by molar-refractivity contribution is 0.102. The summed E-state index contributed by atoms with van der Waals surface area (Å²) in [4.78, 5) is 34.0. The fraction of sp³-hybridized carbons (Fsp3) is 0.200. The van der Waals surface area contributed by atoms with Crippen LogP contribution in [0.1, 0.15) is 27.2 Å². The van der Waals surface area contributed by atoms with Crippen molar-refractivity contribution < 1.29 is 4.79 Å². The van der Waals surface area contributed by atoms with E-state index in [1.807, 2.05) is 31.4 Å². The number of hydrogen-bond acceptors (Lipinski definition) is 5. The number of H-pyrrole nitrogens is 1. The normalized spacial score (nSPS) is 11.1. The Bertz CT molecular complexity index is 1280. The van der Waals surface area contributed by atoms with E-state index < -0.39 is 0 Å². The van der Waals surface area contributed by atoms with E-state index in [2.05, 4.69) is 26.4 Å². The third-order valence-electron chi connectivity index (χ3n) is 4.57. The van der Waals surface area contributed by atoms with Crippen molar-refractivity contribution in [1.29, 1.82) is 0 Å². The molecule has 3 heterocycles. The summed E-state index contributed by atoms with van der Waals surface area (Å²) in [6.07, 6.45) is 0. The molecule has 4 aromatic rings. The van der Waals surface area contributed by atoms with E-state index in [1.54, 1.807) is 20.0 Å². The van der Waals surface area contributed by atoms with Crippen molar-refractivity contribution in [2.24, 2.45) is 7.05 Å². The largest absolute Gasteiger partial charge is 0.298 e. The highest BCUT2D eigenvalue weighted by molar-refractivity contribution is 7.14. The zero-order valence-corrected chi connectivity index (χ0v) is 16.8. The molecule has 1 amide bonds. The van der Waals surface area contributed by atoms with Crippen molar-refractivity contribution >= 4 is 33.4 Å². The molecule has 4 rings (SSSR count). The molecule has 2 N–H and O–H groups in total. The Hall–Kier alpha value is -3.26. The molecule has 0 radical (unpaired) electrons. The van der Waals surface area contributed by atoms with E-state index in [4.69, 9.17) is 0 Å². The van der Waals surface area contributed by atoms with Crippen molar-refractivity contribution in [3.05, 3.63) is 62.4 Å². The smallest absolute Gasteiger partial charge is 0.274 e. The summed E-state index contributed by atoms with van der Waals surface area (Å²) in [7, 11) is 1.69. The van der Waals surface area contributed by atoms with Crippen LogP contribution in [0.5, 0.6) is 0 Å². The van der Waals surface area contributed by atoms with Gasteiger partial charge in [0, 0.05) is 23.7 Å². The van der Waals surface area contributed by atoms with E-state index in [-0.39, 0.29) is 22.4 Å². The van der Waals surface area contributed by atoms with E-state index >= 15 is 0 Å². The third kappa shape index (κ3) is 3.11. The van der Waals surface area contributed by atoms with Gasteiger partial charge in [-0.05, 0) is 32.4 Å². The predicted molar refractivity (Wildman–Crippen MR) is 111 cm³/mol. The Labute approximate surface area is 165 Å². The van der Waals surface area contributed by atoms with Gasteiger partial charge < -0.3 is 0 Å². The maximum atomic E-state index is 12.9. The Morgan fingerprint density at radius 1 is 1.18 bits per heavy atom. The summed E-state index contributed by atoms with van der Waals surface area (Å²) in [5.41, 5.74) is 5.21. The number of aromatic amines is 1. The van der Waals surface area contributed by atoms with Crippen LogP contribution < -0.4 is 10.9 Å². The second-order valence-electron chi connectivity index (χ2n) is 6.82. The Morgan fingerprint density at radius 3 is 2.71 bits per heavy atom. The van der Waals surface area contributed by atoms with Crippen LogP contribution in [0, 0.1) is 20.8 Å². The molecule has 0 saturated heterocycles. The molecule has 0 fully saturated rings. The molecule has 142 valence electrons. The van der Waals surface area contributed by atoms with Gasteiger partial charge in [0.1, 0.15) is 0 Å². The summed E-state index contributed by atoms with van der Waals surface area (Å²) < 4.78 is 1.52. The number of amides is 1. The Morgan fingerprint density at radius 2 is 1.96 bits per heavy atom. The molecule has 8 heteroatoms. The van der Waals surface area contributed by atoms with Gasteiger partial charge in [0.05, 0.1) is 16.6 Å². The molecule has 0 unspecified atom stereocenters. The molecule has 28 heavy (non-hydrogen) atoms. The number of thiazole rings is 1. The van der Waals surface area contributed by atoms with Gasteiger partial charge >= 0.3 is 0 Å². The standard InChI is InChI=1S/C20H19N5O2S/c1-10-5-6-13(11(2)7-10)15-9-28-20(22-15)23-18(26)14-8-12(3)21-17-16(14)19(27)24-25(17)4/h5-9H,1-4H3,(H,24,27)(H,22,23,26). The topological polar surface area (TPSA) is 92.7 Å². The molecule has 0 saturated carbocycles. The lowest BCUT2D eigenvalue weighted by Gasteiger charge is -2.05. The average molecular weight is 393 g/mol. The van der Waals surface area contributed by atoms with Crippen LogP contribution in [0.3, 0.4) is 0 Å². The lowest BCUT2D eigenvalue weighted by Crippen LogP contribution is -2.15. The highest BCUT2D eigenvalue weighted by atomic mass is 32.1. The number of nitrogens with zero attached hydrogens (tertiary/aromatic N) is 3. The number of carbonyl (C=O) groups is 1. The first-order valence-corrected chi connectivity index (χ1v) is 9.62. The maximum absolute atomic E-state index is 12.9. The molecule has 7 nitrogen and oxygen atoms in total. The van der Waals surface area contributed by atoms with Gasteiger partial charge in [-0.25, -0.2) is 9.97 Å². The summed E-state index contributed by atoms with van der Waals surface area (Å²) >= 11 is 1.35. The second-order valence-corrected chi connectivity index (χ2v) is 7.68. The highest BCUT2D eigenvalue weighted by Crippen LogP contribution is 2.28. The number of anilines is 1. The van der Waals surface area contributed by atoms with Crippen LogP contribution in [-0.2, 0) is 7.05 Å². The van der Waals surface area contributed by atoms with Gasteiger partial charge in [-0.15, -0.1) is 11.3 Å². The quantitative estimate of drug-likeness (QED) is 0.557. The molecule has 0 atom stereocenters. The van der Waals surface area contributed by atoms with Crippen molar-refractivity contribution in [2.75, 3.05) is 5.32 Å². The number of fused-ring (bicyclic) bond motifs is 1. The number of rotatable bonds is 3. The van der Waals surface area contributed by atoms with Crippen LogP contribution in [0.25, 0.3) is 22.3 Å². The molecule has 1 aromatic carbocycles. The van der Waals surface area contributed by atoms with Gasteiger partial charge in [-0.1, -0.05) is 23.8 Å². The first-order valence-electron chi connectivity index (χ1n) is 8.74. The van der Waals surface area contributed by atoms with Crippen molar-refractivity contribution in [1.82, 2.24) is 19.7 Å².